The van der Waals surface area contributed by atoms with E-state index in [0.29, 0.717) is 24.5 Å². The van der Waals surface area contributed by atoms with E-state index in [0.717, 1.165) is 0 Å². The van der Waals surface area contributed by atoms with Gasteiger partial charge in [0.25, 0.3) is 5.91 Å². The topological polar surface area (TPSA) is 56.1 Å². The molecule has 2 rings (SSSR count). The number of carbonyl (C=O) groups is 1. The van der Waals surface area contributed by atoms with E-state index in [2.05, 4.69) is 10.4 Å². The summed E-state index contributed by atoms with van der Waals surface area (Å²) >= 11 is 0. The summed E-state index contributed by atoms with van der Waals surface area (Å²) in [5, 5.41) is 6.67. The van der Waals surface area contributed by atoms with E-state index in [1.165, 1.54) is 0 Å². The van der Waals surface area contributed by atoms with Gasteiger partial charge in [-0.25, -0.2) is 0 Å². The van der Waals surface area contributed by atoms with Gasteiger partial charge >= 0.3 is 0 Å². The molecule has 94 valence electrons. The highest BCUT2D eigenvalue weighted by molar-refractivity contribution is 5.96. The average molecular weight is 245 g/mol. The van der Waals surface area contributed by atoms with E-state index in [9.17, 15) is 4.79 Å². The van der Waals surface area contributed by atoms with Crippen molar-refractivity contribution in [2.24, 2.45) is 0 Å². The maximum absolute atomic E-state index is 11.6. The molecule has 0 aliphatic carbocycles. The molecule has 1 N–H and O–H groups in total. The van der Waals surface area contributed by atoms with E-state index in [-0.39, 0.29) is 5.91 Å². The molecule has 5 nitrogen and oxygen atoms in total. The van der Waals surface area contributed by atoms with Gasteiger partial charge in [0.05, 0.1) is 12.1 Å². The molecule has 0 saturated heterocycles. The van der Waals surface area contributed by atoms with Crippen LogP contribution in [0, 0.1) is 0 Å². The lowest BCUT2D eigenvalue weighted by atomic mass is 10.2. The minimum atomic E-state index is -0.148. The minimum Gasteiger partial charge on any atom is -0.491 e. The fraction of sp³-hybridized carbons (Fsp3) is 0.231. The third-order valence-electron chi connectivity index (χ3n) is 2.50. The number of benzene rings is 1. The molecular weight excluding hydrogens is 230 g/mol. The summed E-state index contributed by atoms with van der Waals surface area (Å²) in [5.74, 6) is 0.439. The van der Waals surface area contributed by atoms with Crippen molar-refractivity contribution in [1.29, 1.82) is 0 Å². The predicted molar refractivity (Wildman–Crippen MR) is 67.6 cm³/mol. The van der Waals surface area contributed by atoms with Crippen LogP contribution in [0.25, 0.3) is 0 Å². The monoisotopic (exact) mass is 245 g/mol. The van der Waals surface area contributed by atoms with Gasteiger partial charge < -0.3 is 10.1 Å². The molecule has 0 aliphatic heterocycles. The van der Waals surface area contributed by atoms with Gasteiger partial charge in [-0.1, -0.05) is 12.1 Å². The molecule has 1 amide bonds. The second kappa shape index (κ2) is 5.86. The van der Waals surface area contributed by atoms with Crippen LogP contribution >= 0.6 is 0 Å². The molecule has 0 radical (unpaired) electrons. The summed E-state index contributed by atoms with van der Waals surface area (Å²) < 4.78 is 7.39. The van der Waals surface area contributed by atoms with Crippen molar-refractivity contribution in [2.75, 3.05) is 13.7 Å². The van der Waals surface area contributed by atoms with Crippen molar-refractivity contribution in [3.8, 4) is 5.75 Å². The molecule has 0 bridgehead atoms. The van der Waals surface area contributed by atoms with Gasteiger partial charge in [0, 0.05) is 19.4 Å². The first kappa shape index (κ1) is 12.2. The zero-order valence-corrected chi connectivity index (χ0v) is 10.2. The minimum absolute atomic E-state index is 0.148. The normalized spacial score (nSPS) is 10.1. The highest BCUT2D eigenvalue weighted by Crippen LogP contribution is 2.17. The largest absolute Gasteiger partial charge is 0.491 e. The van der Waals surface area contributed by atoms with Crippen LogP contribution in [0.4, 0.5) is 0 Å². The van der Waals surface area contributed by atoms with Crippen LogP contribution in [-0.4, -0.2) is 29.3 Å². The lowest BCUT2D eigenvalue weighted by molar-refractivity contribution is 0.0959. The molecule has 0 saturated carbocycles. The van der Waals surface area contributed by atoms with Crippen molar-refractivity contribution in [3.63, 3.8) is 0 Å². The molecule has 0 aliphatic rings. The summed E-state index contributed by atoms with van der Waals surface area (Å²) in [7, 11) is 1.60. The molecule has 5 heteroatoms. The van der Waals surface area contributed by atoms with E-state index in [1.807, 2.05) is 24.4 Å². The summed E-state index contributed by atoms with van der Waals surface area (Å²) in [6, 6.07) is 9.04. The Morgan fingerprint density at radius 1 is 1.39 bits per heavy atom. The number of nitrogens with one attached hydrogen (secondary N) is 1. The first-order valence-corrected chi connectivity index (χ1v) is 5.72. The van der Waals surface area contributed by atoms with Crippen molar-refractivity contribution < 1.29 is 9.53 Å². The highest BCUT2D eigenvalue weighted by Gasteiger charge is 2.09. The number of amides is 1. The Hall–Kier alpha value is -2.30. The van der Waals surface area contributed by atoms with E-state index < -0.39 is 0 Å². The Labute approximate surface area is 105 Å². The Morgan fingerprint density at radius 3 is 2.94 bits per heavy atom. The van der Waals surface area contributed by atoms with Gasteiger partial charge in [0.15, 0.2) is 0 Å². The first-order chi connectivity index (χ1) is 8.81. The molecule has 1 aromatic heterocycles. The second-order valence-corrected chi connectivity index (χ2v) is 3.69. The molecule has 0 spiro atoms. The molecule has 0 unspecified atom stereocenters. The van der Waals surface area contributed by atoms with Crippen molar-refractivity contribution in [1.82, 2.24) is 15.1 Å². The number of para-hydroxylation sites is 1. The standard InChI is InChI=1S/C13H15N3O2/c1-14-13(17)11-5-2-3-6-12(11)18-10-9-16-8-4-7-15-16/h2-8H,9-10H2,1H3,(H,14,17). The van der Waals surface area contributed by atoms with Gasteiger partial charge in [0.1, 0.15) is 12.4 Å². The molecule has 0 atom stereocenters. The zero-order valence-electron chi connectivity index (χ0n) is 10.2. The van der Waals surface area contributed by atoms with Crippen LogP contribution in [-0.2, 0) is 6.54 Å². The first-order valence-electron chi connectivity index (χ1n) is 5.72. The van der Waals surface area contributed by atoms with Gasteiger partial charge in [-0.3, -0.25) is 9.48 Å². The van der Waals surface area contributed by atoms with E-state index >= 15 is 0 Å². The molecule has 0 fully saturated rings. The van der Waals surface area contributed by atoms with Gasteiger partial charge in [-0.2, -0.15) is 5.10 Å². The number of nitrogens with zero attached hydrogens (tertiary/aromatic N) is 2. The Kier molecular flexibility index (Phi) is 3.96. The van der Waals surface area contributed by atoms with Crippen molar-refractivity contribution >= 4 is 5.91 Å². The molecule has 2 aromatic rings. The maximum atomic E-state index is 11.6. The zero-order chi connectivity index (χ0) is 12.8. The van der Waals surface area contributed by atoms with Gasteiger partial charge in [0.2, 0.25) is 0 Å². The number of hydrogen-bond acceptors (Lipinski definition) is 3. The Bertz CT molecular complexity index is 509. The third-order valence-corrected chi connectivity index (χ3v) is 2.50. The summed E-state index contributed by atoms with van der Waals surface area (Å²) in [5.41, 5.74) is 0.542. The van der Waals surface area contributed by atoms with Crippen LogP contribution in [0.5, 0.6) is 5.75 Å². The second-order valence-electron chi connectivity index (χ2n) is 3.69. The van der Waals surface area contributed by atoms with Crippen molar-refractivity contribution in [2.45, 2.75) is 6.54 Å². The Morgan fingerprint density at radius 2 is 2.22 bits per heavy atom. The number of aromatic nitrogens is 2. The SMILES string of the molecule is CNC(=O)c1ccccc1OCCn1cccn1. The lowest BCUT2D eigenvalue weighted by Gasteiger charge is -2.10. The molecule has 1 heterocycles. The van der Waals surface area contributed by atoms with Crippen LogP contribution in [0.2, 0.25) is 0 Å². The van der Waals surface area contributed by atoms with Crippen LogP contribution in [0.3, 0.4) is 0 Å². The van der Waals surface area contributed by atoms with Crippen LogP contribution in [0.1, 0.15) is 10.4 Å². The van der Waals surface area contributed by atoms with Crippen LogP contribution < -0.4 is 10.1 Å². The number of rotatable bonds is 5. The summed E-state index contributed by atoms with van der Waals surface area (Å²) in [4.78, 5) is 11.6. The smallest absolute Gasteiger partial charge is 0.254 e. The quantitative estimate of drug-likeness (QED) is 0.864. The van der Waals surface area contributed by atoms with Crippen molar-refractivity contribution in [3.05, 3.63) is 48.3 Å². The fourth-order valence-corrected chi connectivity index (χ4v) is 1.60. The van der Waals surface area contributed by atoms with Gasteiger partial charge in [-0.15, -0.1) is 0 Å². The fourth-order valence-electron chi connectivity index (χ4n) is 1.60. The molecule has 1 aromatic carbocycles. The molecular formula is C13H15N3O2. The third kappa shape index (κ3) is 2.88. The molecule has 18 heavy (non-hydrogen) atoms. The van der Waals surface area contributed by atoms with Crippen LogP contribution in [0.15, 0.2) is 42.7 Å². The average Bonchev–Trinajstić information content (AvgIpc) is 2.92. The predicted octanol–water partition coefficient (Wildman–Crippen LogP) is 1.32. The number of carbonyl (C=O) groups excluding carboxylic acids is 1. The highest BCUT2D eigenvalue weighted by atomic mass is 16.5. The lowest BCUT2D eigenvalue weighted by Crippen LogP contribution is -2.19. The van der Waals surface area contributed by atoms with Gasteiger partial charge in [-0.05, 0) is 18.2 Å². The van der Waals surface area contributed by atoms with E-state index in [1.54, 1.807) is 30.1 Å². The number of ether oxygens (including phenoxy) is 1. The maximum Gasteiger partial charge on any atom is 0.254 e. The van der Waals surface area contributed by atoms with E-state index in [4.69, 9.17) is 4.74 Å². The summed E-state index contributed by atoms with van der Waals surface area (Å²) in [6.45, 7) is 1.12. The number of hydrogen-bond donors (Lipinski definition) is 1. The summed E-state index contributed by atoms with van der Waals surface area (Å²) in [6.07, 6.45) is 3.59. The Balaban J connectivity index is 1.98.